The largest absolute Gasteiger partial charge is 0.454 e. The Kier molecular flexibility index (Phi) is 5.31. The predicted molar refractivity (Wildman–Crippen MR) is 90.8 cm³/mol. The molecule has 25 heavy (non-hydrogen) atoms. The SMILES string of the molecule is O=C(COC(=O)C=Cc1ccccc1)NCc1ccc2c(c1)OCO2. The number of fused-ring (bicyclic) bond motifs is 1. The fourth-order valence-corrected chi connectivity index (χ4v) is 2.22. The van der Waals surface area contributed by atoms with E-state index in [1.54, 1.807) is 18.2 Å². The molecule has 0 aliphatic carbocycles. The van der Waals surface area contributed by atoms with E-state index in [1.807, 2.05) is 36.4 Å². The Morgan fingerprint density at radius 1 is 1.08 bits per heavy atom. The van der Waals surface area contributed by atoms with E-state index < -0.39 is 5.97 Å². The van der Waals surface area contributed by atoms with E-state index >= 15 is 0 Å². The molecule has 1 amide bonds. The first-order valence-corrected chi connectivity index (χ1v) is 7.76. The first-order chi connectivity index (χ1) is 12.2. The third-order valence-electron chi connectivity index (χ3n) is 3.48. The van der Waals surface area contributed by atoms with Gasteiger partial charge in [0.05, 0.1) is 0 Å². The molecule has 0 spiro atoms. The zero-order chi connectivity index (χ0) is 17.5. The summed E-state index contributed by atoms with van der Waals surface area (Å²) in [4.78, 5) is 23.4. The summed E-state index contributed by atoms with van der Waals surface area (Å²) in [5.41, 5.74) is 1.75. The number of esters is 1. The molecule has 1 aliphatic rings. The molecule has 1 aliphatic heterocycles. The van der Waals surface area contributed by atoms with Crippen LogP contribution in [0.4, 0.5) is 0 Å². The molecule has 6 heteroatoms. The topological polar surface area (TPSA) is 73.9 Å². The number of carbonyl (C=O) groups excluding carboxylic acids is 2. The summed E-state index contributed by atoms with van der Waals surface area (Å²) < 4.78 is 15.4. The Morgan fingerprint density at radius 3 is 2.72 bits per heavy atom. The van der Waals surface area contributed by atoms with Crippen LogP contribution in [0.1, 0.15) is 11.1 Å². The number of hydrogen-bond acceptors (Lipinski definition) is 5. The van der Waals surface area contributed by atoms with Crippen LogP contribution in [-0.4, -0.2) is 25.3 Å². The number of nitrogens with one attached hydrogen (secondary N) is 1. The van der Waals surface area contributed by atoms with Crippen LogP contribution in [0.15, 0.2) is 54.6 Å². The van der Waals surface area contributed by atoms with Crippen molar-refractivity contribution in [2.24, 2.45) is 0 Å². The lowest BCUT2D eigenvalue weighted by Crippen LogP contribution is -2.28. The van der Waals surface area contributed by atoms with Gasteiger partial charge in [-0.1, -0.05) is 36.4 Å². The van der Waals surface area contributed by atoms with Crippen molar-refractivity contribution in [2.45, 2.75) is 6.54 Å². The Labute approximate surface area is 145 Å². The Bertz CT molecular complexity index is 786. The van der Waals surface area contributed by atoms with Crippen LogP contribution < -0.4 is 14.8 Å². The van der Waals surface area contributed by atoms with E-state index in [-0.39, 0.29) is 19.3 Å². The Hall–Kier alpha value is -3.28. The van der Waals surface area contributed by atoms with Gasteiger partial charge in [-0.2, -0.15) is 0 Å². The van der Waals surface area contributed by atoms with Gasteiger partial charge in [-0.25, -0.2) is 4.79 Å². The standard InChI is InChI=1S/C19H17NO5/c21-18(12-23-19(22)9-7-14-4-2-1-3-5-14)20-11-15-6-8-16-17(10-15)25-13-24-16/h1-10H,11-13H2,(H,20,21). The summed E-state index contributed by atoms with van der Waals surface area (Å²) in [6, 6.07) is 14.8. The smallest absolute Gasteiger partial charge is 0.331 e. The van der Waals surface area contributed by atoms with E-state index in [9.17, 15) is 9.59 Å². The van der Waals surface area contributed by atoms with Gasteiger partial charge in [0.2, 0.25) is 6.79 Å². The lowest BCUT2D eigenvalue weighted by Gasteiger charge is -2.06. The fourth-order valence-electron chi connectivity index (χ4n) is 2.22. The van der Waals surface area contributed by atoms with E-state index in [1.165, 1.54) is 6.08 Å². The average molecular weight is 339 g/mol. The molecule has 128 valence electrons. The zero-order valence-corrected chi connectivity index (χ0v) is 13.4. The number of benzene rings is 2. The molecule has 6 nitrogen and oxygen atoms in total. The van der Waals surface area contributed by atoms with Gasteiger partial charge < -0.3 is 19.5 Å². The Balaban J connectivity index is 1.40. The van der Waals surface area contributed by atoms with Crippen molar-refractivity contribution in [2.75, 3.05) is 13.4 Å². The molecule has 2 aromatic rings. The van der Waals surface area contributed by atoms with E-state index in [0.29, 0.717) is 18.0 Å². The molecule has 0 bridgehead atoms. The van der Waals surface area contributed by atoms with Gasteiger partial charge in [0, 0.05) is 12.6 Å². The van der Waals surface area contributed by atoms with Gasteiger partial charge in [-0.3, -0.25) is 4.79 Å². The summed E-state index contributed by atoms with van der Waals surface area (Å²) in [5.74, 6) is 0.402. The molecule has 0 radical (unpaired) electrons. The second-order valence-electron chi connectivity index (χ2n) is 5.32. The van der Waals surface area contributed by atoms with Crippen LogP contribution in [0.5, 0.6) is 11.5 Å². The summed E-state index contributed by atoms with van der Waals surface area (Å²) in [6.07, 6.45) is 2.92. The first-order valence-electron chi connectivity index (χ1n) is 7.76. The molecule has 0 saturated heterocycles. The maximum atomic E-state index is 11.8. The normalized spacial score (nSPS) is 12.2. The molecule has 3 rings (SSSR count). The highest BCUT2D eigenvalue weighted by atomic mass is 16.7. The molecule has 1 N–H and O–H groups in total. The second kappa shape index (κ2) is 8.01. The molecular weight excluding hydrogens is 322 g/mol. The van der Waals surface area contributed by atoms with Crippen LogP contribution in [0.25, 0.3) is 6.08 Å². The van der Waals surface area contributed by atoms with Crippen molar-refractivity contribution >= 4 is 18.0 Å². The van der Waals surface area contributed by atoms with Gasteiger partial charge in [0.15, 0.2) is 18.1 Å². The molecule has 0 unspecified atom stereocenters. The second-order valence-corrected chi connectivity index (χ2v) is 5.32. The Morgan fingerprint density at radius 2 is 1.88 bits per heavy atom. The summed E-state index contributed by atoms with van der Waals surface area (Å²) in [6.45, 7) is 0.187. The van der Waals surface area contributed by atoms with Crippen LogP contribution in [0.2, 0.25) is 0 Å². The quantitative estimate of drug-likeness (QED) is 0.646. The highest BCUT2D eigenvalue weighted by Gasteiger charge is 2.13. The molecule has 0 saturated carbocycles. The monoisotopic (exact) mass is 339 g/mol. The number of rotatable bonds is 6. The van der Waals surface area contributed by atoms with Gasteiger partial charge in [0.25, 0.3) is 5.91 Å². The number of ether oxygens (including phenoxy) is 3. The van der Waals surface area contributed by atoms with E-state index in [0.717, 1.165) is 11.1 Å². The predicted octanol–water partition coefficient (Wildman–Crippen LogP) is 2.29. The third-order valence-corrected chi connectivity index (χ3v) is 3.48. The highest BCUT2D eigenvalue weighted by Crippen LogP contribution is 2.32. The molecule has 2 aromatic carbocycles. The van der Waals surface area contributed by atoms with Crippen molar-refractivity contribution in [3.63, 3.8) is 0 Å². The minimum absolute atomic E-state index is 0.206. The average Bonchev–Trinajstić information content (AvgIpc) is 3.11. The van der Waals surface area contributed by atoms with E-state index in [4.69, 9.17) is 14.2 Å². The maximum Gasteiger partial charge on any atom is 0.331 e. The highest BCUT2D eigenvalue weighted by molar-refractivity contribution is 5.89. The number of amides is 1. The van der Waals surface area contributed by atoms with Crippen molar-refractivity contribution in [3.05, 3.63) is 65.7 Å². The molecule has 1 heterocycles. The van der Waals surface area contributed by atoms with Crippen molar-refractivity contribution < 1.29 is 23.8 Å². The first kappa shape index (κ1) is 16.6. The molecule has 0 fully saturated rings. The summed E-state index contributed by atoms with van der Waals surface area (Å²) in [7, 11) is 0. The van der Waals surface area contributed by atoms with Gasteiger partial charge in [-0.05, 0) is 29.3 Å². The molecule has 0 atom stereocenters. The fraction of sp³-hybridized carbons (Fsp3) is 0.158. The van der Waals surface area contributed by atoms with Gasteiger partial charge >= 0.3 is 5.97 Å². The zero-order valence-electron chi connectivity index (χ0n) is 13.4. The minimum atomic E-state index is -0.568. The lowest BCUT2D eigenvalue weighted by molar-refractivity contribution is -0.143. The third kappa shape index (κ3) is 4.84. The van der Waals surface area contributed by atoms with E-state index in [2.05, 4.69) is 5.32 Å². The van der Waals surface area contributed by atoms with Gasteiger partial charge in [0.1, 0.15) is 0 Å². The van der Waals surface area contributed by atoms with Crippen molar-refractivity contribution in [1.29, 1.82) is 0 Å². The van der Waals surface area contributed by atoms with Crippen LogP contribution >= 0.6 is 0 Å². The summed E-state index contributed by atoms with van der Waals surface area (Å²) in [5, 5.41) is 2.68. The molecular formula is C19H17NO5. The number of hydrogen-bond donors (Lipinski definition) is 1. The van der Waals surface area contributed by atoms with Crippen LogP contribution in [-0.2, 0) is 20.9 Å². The van der Waals surface area contributed by atoms with Crippen molar-refractivity contribution in [1.82, 2.24) is 5.32 Å². The van der Waals surface area contributed by atoms with Crippen molar-refractivity contribution in [3.8, 4) is 11.5 Å². The minimum Gasteiger partial charge on any atom is -0.454 e. The van der Waals surface area contributed by atoms with Gasteiger partial charge in [-0.15, -0.1) is 0 Å². The molecule has 0 aromatic heterocycles. The number of carbonyl (C=O) groups is 2. The van der Waals surface area contributed by atoms with Crippen LogP contribution in [0.3, 0.4) is 0 Å². The summed E-state index contributed by atoms with van der Waals surface area (Å²) >= 11 is 0. The van der Waals surface area contributed by atoms with Crippen LogP contribution in [0, 0.1) is 0 Å². The maximum absolute atomic E-state index is 11.8. The lowest BCUT2D eigenvalue weighted by atomic mass is 10.2.